The highest BCUT2D eigenvalue weighted by molar-refractivity contribution is 5.80. The molecule has 1 saturated heterocycles. The summed E-state index contributed by atoms with van der Waals surface area (Å²) in [5.74, 6) is 0.657. The second-order valence-electron chi connectivity index (χ2n) is 6.45. The van der Waals surface area contributed by atoms with E-state index in [1.165, 1.54) is 19.4 Å². The SMILES string of the molecule is CCN1CCCC1CNC(=O)[C@H](CC(C)C)n1cccc1. The summed E-state index contributed by atoms with van der Waals surface area (Å²) in [4.78, 5) is 15.0. The van der Waals surface area contributed by atoms with Crippen molar-refractivity contribution in [1.29, 1.82) is 0 Å². The molecule has 1 amide bonds. The molecule has 0 radical (unpaired) electrons. The fourth-order valence-electron chi connectivity index (χ4n) is 3.25. The first-order valence-corrected chi connectivity index (χ1v) is 8.26. The van der Waals surface area contributed by atoms with E-state index >= 15 is 0 Å². The minimum Gasteiger partial charge on any atom is -0.353 e. The molecule has 2 heterocycles. The number of hydrogen-bond donors (Lipinski definition) is 1. The third kappa shape index (κ3) is 4.34. The summed E-state index contributed by atoms with van der Waals surface area (Å²) in [6.45, 7) is 9.56. The summed E-state index contributed by atoms with van der Waals surface area (Å²) in [5, 5.41) is 3.18. The third-order valence-electron chi connectivity index (χ3n) is 4.40. The van der Waals surface area contributed by atoms with Crippen LogP contribution in [0.15, 0.2) is 24.5 Å². The van der Waals surface area contributed by atoms with Gasteiger partial charge in [0.15, 0.2) is 0 Å². The first-order chi connectivity index (χ1) is 10.1. The molecule has 0 spiro atoms. The molecule has 21 heavy (non-hydrogen) atoms. The third-order valence-corrected chi connectivity index (χ3v) is 4.40. The highest BCUT2D eigenvalue weighted by Crippen LogP contribution is 2.19. The van der Waals surface area contributed by atoms with E-state index in [-0.39, 0.29) is 11.9 Å². The molecule has 1 aliphatic heterocycles. The molecule has 1 fully saturated rings. The Labute approximate surface area is 128 Å². The Hall–Kier alpha value is -1.29. The maximum absolute atomic E-state index is 12.6. The molecule has 1 N–H and O–H groups in total. The van der Waals surface area contributed by atoms with Crippen LogP contribution >= 0.6 is 0 Å². The standard InChI is InChI=1S/C17H29N3O/c1-4-19-11-7-8-15(19)13-18-17(21)16(12-14(2)3)20-9-5-6-10-20/h5-6,9-10,14-16H,4,7-8,11-13H2,1-3H3,(H,18,21)/t15?,16-/m0/s1. The molecule has 4 nitrogen and oxygen atoms in total. The molecule has 0 aliphatic carbocycles. The second kappa shape index (κ2) is 7.64. The van der Waals surface area contributed by atoms with Crippen molar-refractivity contribution in [2.45, 2.75) is 52.1 Å². The predicted molar refractivity (Wildman–Crippen MR) is 86.2 cm³/mol. The number of aromatic nitrogens is 1. The van der Waals surface area contributed by atoms with Gasteiger partial charge in [0.1, 0.15) is 6.04 Å². The lowest BCUT2D eigenvalue weighted by Crippen LogP contribution is -2.42. The summed E-state index contributed by atoms with van der Waals surface area (Å²) in [7, 11) is 0. The van der Waals surface area contributed by atoms with Crippen LogP contribution in [0, 0.1) is 5.92 Å². The van der Waals surface area contributed by atoms with Crippen LogP contribution < -0.4 is 5.32 Å². The topological polar surface area (TPSA) is 37.3 Å². The Kier molecular flexibility index (Phi) is 5.85. The van der Waals surface area contributed by atoms with Crippen LogP contribution in [-0.2, 0) is 4.79 Å². The lowest BCUT2D eigenvalue weighted by atomic mass is 10.0. The van der Waals surface area contributed by atoms with Crippen LogP contribution in [0.4, 0.5) is 0 Å². The van der Waals surface area contributed by atoms with Gasteiger partial charge < -0.3 is 9.88 Å². The van der Waals surface area contributed by atoms with Crippen molar-refractivity contribution < 1.29 is 4.79 Å². The van der Waals surface area contributed by atoms with E-state index in [4.69, 9.17) is 0 Å². The van der Waals surface area contributed by atoms with Crippen molar-refractivity contribution in [3.8, 4) is 0 Å². The van der Waals surface area contributed by atoms with Gasteiger partial charge in [0, 0.05) is 25.0 Å². The van der Waals surface area contributed by atoms with Gasteiger partial charge in [0.25, 0.3) is 0 Å². The van der Waals surface area contributed by atoms with Crippen molar-refractivity contribution in [3.05, 3.63) is 24.5 Å². The van der Waals surface area contributed by atoms with Crippen LogP contribution in [0.5, 0.6) is 0 Å². The van der Waals surface area contributed by atoms with Crippen LogP contribution in [0.2, 0.25) is 0 Å². The maximum atomic E-state index is 12.6. The molecule has 0 aromatic carbocycles. The van der Waals surface area contributed by atoms with Gasteiger partial charge >= 0.3 is 0 Å². The van der Waals surface area contributed by atoms with E-state index in [1.54, 1.807) is 0 Å². The average Bonchev–Trinajstić information content (AvgIpc) is 3.12. The number of nitrogens with zero attached hydrogens (tertiary/aromatic N) is 2. The highest BCUT2D eigenvalue weighted by atomic mass is 16.2. The predicted octanol–water partition coefficient (Wildman–Crippen LogP) is 2.68. The number of rotatable bonds is 7. The molecule has 2 atom stereocenters. The van der Waals surface area contributed by atoms with E-state index in [9.17, 15) is 4.79 Å². The minimum atomic E-state index is -0.0866. The number of carbonyl (C=O) groups excluding carboxylic acids is 1. The Morgan fingerprint density at radius 1 is 1.33 bits per heavy atom. The number of nitrogens with one attached hydrogen (secondary N) is 1. The number of hydrogen-bond acceptors (Lipinski definition) is 2. The summed E-state index contributed by atoms with van der Waals surface area (Å²) in [6.07, 6.45) is 7.30. The van der Waals surface area contributed by atoms with Gasteiger partial charge in [-0.3, -0.25) is 9.69 Å². The summed E-state index contributed by atoms with van der Waals surface area (Å²) in [5.41, 5.74) is 0. The summed E-state index contributed by atoms with van der Waals surface area (Å²) >= 11 is 0. The van der Waals surface area contributed by atoms with Crippen molar-refractivity contribution in [2.24, 2.45) is 5.92 Å². The van der Waals surface area contributed by atoms with E-state index in [0.29, 0.717) is 12.0 Å². The van der Waals surface area contributed by atoms with E-state index in [2.05, 4.69) is 31.0 Å². The monoisotopic (exact) mass is 291 g/mol. The quantitative estimate of drug-likeness (QED) is 0.838. The second-order valence-corrected chi connectivity index (χ2v) is 6.45. The zero-order valence-corrected chi connectivity index (χ0v) is 13.6. The molecule has 4 heteroatoms. The zero-order chi connectivity index (χ0) is 15.2. The van der Waals surface area contributed by atoms with Crippen molar-refractivity contribution >= 4 is 5.91 Å². The minimum absolute atomic E-state index is 0.0866. The number of amides is 1. The van der Waals surface area contributed by atoms with Crippen LogP contribution in [0.3, 0.4) is 0 Å². The maximum Gasteiger partial charge on any atom is 0.243 e. The fraction of sp³-hybridized carbons (Fsp3) is 0.706. The lowest BCUT2D eigenvalue weighted by molar-refractivity contribution is -0.125. The van der Waals surface area contributed by atoms with E-state index < -0.39 is 0 Å². The first kappa shape index (κ1) is 16.1. The smallest absolute Gasteiger partial charge is 0.243 e. The van der Waals surface area contributed by atoms with Crippen LogP contribution in [-0.4, -0.2) is 41.1 Å². The zero-order valence-electron chi connectivity index (χ0n) is 13.6. The molecular formula is C17H29N3O. The average molecular weight is 291 g/mol. The molecule has 2 rings (SSSR count). The van der Waals surface area contributed by atoms with Gasteiger partial charge in [-0.1, -0.05) is 20.8 Å². The number of likely N-dealkylation sites (N-methyl/N-ethyl adjacent to an activating group) is 1. The van der Waals surface area contributed by atoms with Crippen LogP contribution in [0.1, 0.15) is 46.1 Å². The van der Waals surface area contributed by atoms with Crippen LogP contribution in [0.25, 0.3) is 0 Å². The van der Waals surface area contributed by atoms with Gasteiger partial charge in [-0.2, -0.15) is 0 Å². The van der Waals surface area contributed by atoms with Gasteiger partial charge in [-0.05, 0) is 50.4 Å². The molecular weight excluding hydrogens is 262 g/mol. The first-order valence-electron chi connectivity index (χ1n) is 8.26. The Bertz CT molecular complexity index is 427. The Balaban J connectivity index is 1.92. The van der Waals surface area contributed by atoms with Crippen molar-refractivity contribution in [2.75, 3.05) is 19.6 Å². The molecule has 0 saturated carbocycles. The van der Waals surface area contributed by atoms with E-state index in [1.807, 2.05) is 29.1 Å². The van der Waals surface area contributed by atoms with Gasteiger partial charge in [-0.15, -0.1) is 0 Å². The van der Waals surface area contributed by atoms with E-state index in [0.717, 1.165) is 19.5 Å². The molecule has 0 bridgehead atoms. The number of carbonyl (C=O) groups is 1. The van der Waals surface area contributed by atoms with Crippen molar-refractivity contribution in [1.82, 2.24) is 14.8 Å². The highest BCUT2D eigenvalue weighted by Gasteiger charge is 2.25. The van der Waals surface area contributed by atoms with Crippen molar-refractivity contribution in [3.63, 3.8) is 0 Å². The molecule has 1 unspecified atom stereocenters. The van der Waals surface area contributed by atoms with Gasteiger partial charge in [0.05, 0.1) is 0 Å². The molecule has 1 aliphatic rings. The summed E-state index contributed by atoms with van der Waals surface area (Å²) < 4.78 is 2.03. The molecule has 1 aromatic rings. The fourth-order valence-corrected chi connectivity index (χ4v) is 3.25. The largest absolute Gasteiger partial charge is 0.353 e. The van der Waals surface area contributed by atoms with Gasteiger partial charge in [-0.25, -0.2) is 0 Å². The summed E-state index contributed by atoms with van der Waals surface area (Å²) in [6, 6.07) is 4.40. The molecule has 1 aromatic heterocycles. The Morgan fingerprint density at radius 3 is 2.67 bits per heavy atom. The normalized spacial score (nSPS) is 20.9. The molecule has 118 valence electrons. The lowest BCUT2D eigenvalue weighted by Gasteiger charge is -2.25. The Morgan fingerprint density at radius 2 is 2.05 bits per heavy atom. The number of likely N-dealkylation sites (tertiary alicyclic amines) is 1. The van der Waals surface area contributed by atoms with Gasteiger partial charge in [0.2, 0.25) is 5.91 Å².